The summed E-state index contributed by atoms with van der Waals surface area (Å²) in [6.07, 6.45) is -8.68. The summed E-state index contributed by atoms with van der Waals surface area (Å²) in [5.74, 6) is -2.31. The molecule has 3 rings (SSSR count). The maximum atomic E-state index is 13.8. The second-order valence-electron chi connectivity index (χ2n) is 10.4. The van der Waals surface area contributed by atoms with Gasteiger partial charge < -0.3 is 9.80 Å². The maximum absolute atomic E-state index is 13.8. The number of hydrogen-bond donors (Lipinski definition) is 0. The van der Waals surface area contributed by atoms with Crippen molar-refractivity contribution in [3.05, 3.63) is 70.0 Å². The van der Waals surface area contributed by atoms with Crippen molar-refractivity contribution in [3.63, 3.8) is 0 Å². The van der Waals surface area contributed by atoms with Gasteiger partial charge in [-0.15, -0.1) is 12.4 Å². The molecule has 1 fully saturated rings. The van der Waals surface area contributed by atoms with Crippen LogP contribution in [-0.4, -0.2) is 62.8 Å². The van der Waals surface area contributed by atoms with E-state index in [-0.39, 0.29) is 49.3 Å². The number of nitrogens with zero attached hydrogens (tertiary/aromatic N) is 2. The van der Waals surface area contributed by atoms with Crippen molar-refractivity contribution in [1.82, 2.24) is 9.80 Å². The number of halogens is 8. The van der Waals surface area contributed by atoms with Gasteiger partial charge in [-0.25, -0.2) is 12.8 Å². The number of carbonyl (C=O) groups is 1. The molecule has 0 spiro atoms. The molecule has 1 heterocycles. The van der Waals surface area contributed by atoms with E-state index >= 15 is 0 Å². The SMILES string of the molecule is Cc1cc(F)ccc1[C@H]1CN(CCS(C)(=O)=O)CC[C@@H]1C(=O)N(C)[C@@H](C)c1cc(C(F)(F)F)cc(C(F)(F)F)c1.Cl. The molecule has 1 aliphatic heterocycles. The van der Waals surface area contributed by atoms with E-state index in [4.69, 9.17) is 0 Å². The van der Waals surface area contributed by atoms with Crippen LogP contribution in [0.3, 0.4) is 0 Å². The Balaban J connectivity index is 0.00000588. The lowest BCUT2D eigenvalue weighted by atomic mass is 9.78. The van der Waals surface area contributed by atoms with Crippen LogP contribution in [0.2, 0.25) is 0 Å². The molecule has 2 aromatic carbocycles. The lowest BCUT2D eigenvalue weighted by Crippen LogP contribution is -2.47. The minimum atomic E-state index is -5.03. The Morgan fingerprint density at radius 2 is 1.61 bits per heavy atom. The Labute approximate surface area is 241 Å². The highest BCUT2D eigenvalue weighted by atomic mass is 35.5. The van der Waals surface area contributed by atoms with Gasteiger partial charge in [0.05, 0.1) is 22.9 Å². The molecule has 0 aliphatic carbocycles. The number of alkyl halides is 6. The first-order chi connectivity index (χ1) is 18.3. The Hall–Kier alpha value is -2.38. The topological polar surface area (TPSA) is 57.7 Å². The van der Waals surface area contributed by atoms with Gasteiger partial charge in [0.2, 0.25) is 5.91 Å². The standard InChI is InChI=1S/C27H31F7N2O3S.ClH/c1-16-11-21(28)5-6-22(16)24-15-36(9-10-40(4,38)39)8-7-23(24)25(37)35(3)17(2)18-12-19(26(29,30)31)14-20(13-18)27(32,33)34;/h5-6,11-14,17,23-24H,7-10,15H2,1-4H3;1H/t17-,23-,24+;/m0./s1. The molecule has 14 heteroatoms. The Morgan fingerprint density at radius 1 is 1.05 bits per heavy atom. The van der Waals surface area contributed by atoms with Crippen molar-refractivity contribution in [1.29, 1.82) is 0 Å². The maximum Gasteiger partial charge on any atom is 0.416 e. The van der Waals surface area contributed by atoms with Crippen LogP contribution in [0.5, 0.6) is 0 Å². The minimum Gasteiger partial charge on any atom is -0.339 e. The number of carbonyl (C=O) groups excluding carboxylic acids is 1. The number of rotatable bonds is 7. The highest BCUT2D eigenvalue weighted by Gasteiger charge is 2.40. The minimum absolute atomic E-state index is 0. The van der Waals surface area contributed by atoms with Crippen molar-refractivity contribution < 1.29 is 43.9 Å². The number of benzene rings is 2. The van der Waals surface area contributed by atoms with Crippen LogP contribution < -0.4 is 0 Å². The molecule has 3 atom stereocenters. The van der Waals surface area contributed by atoms with Crippen molar-refractivity contribution in [2.45, 2.75) is 44.6 Å². The van der Waals surface area contributed by atoms with Crippen LogP contribution in [0.25, 0.3) is 0 Å². The van der Waals surface area contributed by atoms with Gasteiger partial charge >= 0.3 is 12.4 Å². The molecule has 0 aromatic heterocycles. The quantitative estimate of drug-likeness (QED) is 0.338. The summed E-state index contributed by atoms with van der Waals surface area (Å²) < 4.78 is 118. The lowest BCUT2D eigenvalue weighted by Gasteiger charge is -2.41. The zero-order chi connectivity index (χ0) is 30.2. The lowest BCUT2D eigenvalue weighted by molar-refractivity contribution is -0.143. The van der Waals surface area contributed by atoms with Gasteiger partial charge in [0, 0.05) is 38.2 Å². The number of amides is 1. The Bertz CT molecular complexity index is 1320. The summed E-state index contributed by atoms with van der Waals surface area (Å²) >= 11 is 0. The number of hydrogen-bond acceptors (Lipinski definition) is 4. The molecule has 1 amide bonds. The highest BCUT2D eigenvalue weighted by Crippen LogP contribution is 2.40. The summed E-state index contributed by atoms with van der Waals surface area (Å²) in [5, 5.41) is 0. The predicted octanol–water partition coefficient (Wildman–Crippen LogP) is 6.26. The van der Waals surface area contributed by atoms with Gasteiger partial charge in [-0.3, -0.25) is 4.79 Å². The molecule has 5 nitrogen and oxygen atoms in total. The van der Waals surface area contributed by atoms with Crippen LogP contribution in [0.4, 0.5) is 30.7 Å². The van der Waals surface area contributed by atoms with Gasteiger partial charge in [-0.2, -0.15) is 26.3 Å². The molecule has 1 aliphatic rings. The zero-order valence-electron chi connectivity index (χ0n) is 22.8. The number of likely N-dealkylation sites (tertiary alicyclic amines) is 1. The third kappa shape index (κ3) is 8.81. The molecule has 0 bridgehead atoms. The number of piperidine rings is 1. The first-order valence-electron chi connectivity index (χ1n) is 12.5. The largest absolute Gasteiger partial charge is 0.416 e. The van der Waals surface area contributed by atoms with E-state index in [9.17, 15) is 43.9 Å². The number of aryl methyl sites for hydroxylation is 1. The Kier molecular flexibility index (Phi) is 10.9. The van der Waals surface area contributed by atoms with Crippen molar-refractivity contribution in [3.8, 4) is 0 Å². The summed E-state index contributed by atoms with van der Waals surface area (Å²) in [7, 11) is -1.93. The average molecular weight is 633 g/mol. The summed E-state index contributed by atoms with van der Waals surface area (Å²) in [6, 6.07) is 4.22. The smallest absolute Gasteiger partial charge is 0.339 e. The monoisotopic (exact) mass is 632 g/mol. The van der Waals surface area contributed by atoms with E-state index in [1.807, 2.05) is 4.90 Å². The van der Waals surface area contributed by atoms with Crippen molar-refractivity contribution >= 4 is 28.2 Å². The third-order valence-corrected chi connectivity index (χ3v) is 8.37. The van der Waals surface area contributed by atoms with Gasteiger partial charge in [-0.1, -0.05) is 6.07 Å². The van der Waals surface area contributed by atoms with Crippen LogP contribution in [0.15, 0.2) is 36.4 Å². The molecule has 0 N–H and O–H groups in total. The fourth-order valence-electron chi connectivity index (χ4n) is 5.08. The summed E-state index contributed by atoms with van der Waals surface area (Å²) in [6.45, 7) is 3.86. The normalized spacial score (nSPS) is 19.4. The van der Waals surface area contributed by atoms with Crippen LogP contribution in [0, 0.1) is 18.7 Å². The second-order valence-corrected chi connectivity index (χ2v) is 12.7. The second kappa shape index (κ2) is 12.9. The van der Waals surface area contributed by atoms with Gasteiger partial charge in [0.15, 0.2) is 0 Å². The Morgan fingerprint density at radius 3 is 2.10 bits per heavy atom. The first kappa shape index (κ1) is 34.8. The van der Waals surface area contributed by atoms with Crippen LogP contribution in [-0.2, 0) is 27.0 Å². The van der Waals surface area contributed by atoms with Crippen LogP contribution >= 0.6 is 12.4 Å². The average Bonchev–Trinajstić information content (AvgIpc) is 2.84. The molecule has 0 radical (unpaired) electrons. The van der Waals surface area contributed by atoms with E-state index in [0.717, 1.165) is 11.2 Å². The molecule has 2 aromatic rings. The zero-order valence-corrected chi connectivity index (χ0v) is 24.4. The van der Waals surface area contributed by atoms with E-state index in [2.05, 4.69) is 0 Å². The fourth-order valence-corrected chi connectivity index (χ4v) is 5.67. The first-order valence-corrected chi connectivity index (χ1v) is 14.6. The molecule has 0 saturated carbocycles. The van der Waals surface area contributed by atoms with E-state index in [0.29, 0.717) is 29.8 Å². The van der Waals surface area contributed by atoms with Gasteiger partial charge in [-0.05, 0) is 73.8 Å². The molecule has 1 saturated heterocycles. The molecular weight excluding hydrogens is 601 g/mol. The summed E-state index contributed by atoms with van der Waals surface area (Å²) in [4.78, 5) is 16.8. The fraction of sp³-hybridized carbons (Fsp3) is 0.519. The third-order valence-electron chi connectivity index (χ3n) is 7.44. The molecule has 41 heavy (non-hydrogen) atoms. The van der Waals surface area contributed by atoms with E-state index in [1.165, 1.54) is 26.1 Å². The molecule has 0 unspecified atom stereocenters. The summed E-state index contributed by atoms with van der Waals surface area (Å²) in [5.41, 5.74) is -2.04. The van der Waals surface area contributed by atoms with Crippen molar-refractivity contribution in [2.24, 2.45) is 5.92 Å². The van der Waals surface area contributed by atoms with Gasteiger partial charge in [0.1, 0.15) is 15.7 Å². The van der Waals surface area contributed by atoms with Crippen LogP contribution in [0.1, 0.15) is 53.1 Å². The highest BCUT2D eigenvalue weighted by molar-refractivity contribution is 7.90. The van der Waals surface area contributed by atoms with Crippen molar-refractivity contribution in [2.75, 3.05) is 38.7 Å². The van der Waals surface area contributed by atoms with E-state index in [1.54, 1.807) is 13.0 Å². The predicted molar refractivity (Wildman–Crippen MR) is 143 cm³/mol. The number of sulfone groups is 1. The molecular formula is C27H32ClF7N2O3S. The molecule has 230 valence electrons. The van der Waals surface area contributed by atoms with E-state index < -0.39 is 62.9 Å². The van der Waals surface area contributed by atoms with Gasteiger partial charge in [0.25, 0.3) is 0 Å².